The largest absolute Gasteiger partial charge is 0.493 e. The van der Waals surface area contributed by atoms with Crippen LogP contribution in [0.4, 0.5) is 17.6 Å². The summed E-state index contributed by atoms with van der Waals surface area (Å²) in [7, 11) is 1.09. The van der Waals surface area contributed by atoms with Crippen LogP contribution in [0.2, 0.25) is 0 Å². The normalized spacial score (nSPS) is 13.7. The number of nitrogens with two attached hydrogens (primary N) is 1. The van der Waals surface area contributed by atoms with Crippen LogP contribution >= 0.6 is 0 Å². The Morgan fingerprint density at radius 1 is 1.33 bits per heavy atom. The van der Waals surface area contributed by atoms with Crippen molar-refractivity contribution in [1.29, 1.82) is 0 Å². The zero-order valence-electron chi connectivity index (χ0n) is 7.81. The second-order valence-corrected chi connectivity index (χ2v) is 2.88. The molecule has 0 aliphatic carbocycles. The molecule has 0 aromatic heterocycles. The van der Waals surface area contributed by atoms with Crippen molar-refractivity contribution >= 4 is 0 Å². The first-order chi connectivity index (χ1) is 6.88. The minimum atomic E-state index is -4.62. The van der Waals surface area contributed by atoms with Crippen molar-refractivity contribution < 1.29 is 22.3 Å². The molecule has 0 heterocycles. The summed E-state index contributed by atoms with van der Waals surface area (Å²) >= 11 is 0. The first-order valence-corrected chi connectivity index (χ1v) is 4.02. The van der Waals surface area contributed by atoms with Crippen molar-refractivity contribution in [1.82, 2.24) is 0 Å². The molecule has 2 nitrogen and oxygen atoms in total. The van der Waals surface area contributed by atoms with Crippen molar-refractivity contribution in [2.45, 2.75) is 12.2 Å². The van der Waals surface area contributed by atoms with Gasteiger partial charge in [0.25, 0.3) is 0 Å². The maximum atomic E-state index is 13.1. The topological polar surface area (TPSA) is 35.2 Å². The Morgan fingerprint density at radius 3 is 2.40 bits per heavy atom. The molecule has 0 spiro atoms. The lowest BCUT2D eigenvalue weighted by atomic mass is 10.1. The number of methoxy groups -OCH3 is 1. The Bertz CT molecular complexity index is 350. The standard InChI is InChI=1S/C9H9F4NO/c1-15-7-5(3-2-4-6(7)10)8(14)9(11,12)13/h2-4,8H,14H2,1H3/t8-/m1/s1. The van der Waals surface area contributed by atoms with Crippen molar-refractivity contribution in [2.24, 2.45) is 5.73 Å². The van der Waals surface area contributed by atoms with Crippen LogP contribution in [0.3, 0.4) is 0 Å². The third-order valence-corrected chi connectivity index (χ3v) is 1.89. The second kappa shape index (κ2) is 4.06. The van der Waals surface area contributed by atoms with Gasteiger partial charge in [-0.05, 0) is 6.07 Å². The lowest BCUT2D eigenvalue weighted by Gasteiger charge is -2.18. The number of hydrogen-bond donors (Lipinski definition) is 1. The molecule has 0 aliphatic rings. The molecule has 1 atom stereocenters. The van der Waals surface area contributed by atoms with E-state index in [1.54, 1.807) is 0 Å². The van der Waals surface area contributed by atoms with Crippen LogP contribution in [0.15, 0.2) is 18.2 Å². The Morgan fingerprint density at radius 2 is 1.93 bits per heavy atom. The predicted octanol–water partition coefficient (Wildman–Crippen LogP) is 2.40. The van der Waals surface area contributed by atoms with Gasteiger partial charge in [0.05, 0.1) is 7.11 Å². The van der Waals surface area contributed by atoms with Crippen molar-refractivity contribution in [3.05, 3.63) is 29.6 Å². The maximum Gasteiger partial charge on any atom is 0.407 e. The Kier molecular flexibility index (Phi) is 3.18. The molecule has 0 saturated carbocycles. The molecule has 0 unspecified atom stereocenters. The lowest BCUT2D eigenvalue weighted by molar-refractivity contribution is -0.149. The van der Waals surface area contributed by atoms with Crippen LogP contribution in [-0.4, -0.2) is 13.3 Å². The molecule has 1 aromatic carbocycles. The second-order valence-electron chi connectivity index (χ2n) is 2.88. The lowest BCUT2D eigenvalue weighted by Crippen LogP contribution is -2.29. The van der Waals surface area contributed by atoms with Gasteiger partial charge in [-0.25, -0.2) is 4.39 Å². The minimum absolute atomic E-state index is 0.412. The van der Waals surface area contributed by atoms with Gasteiger partial charge in [0.2, 0.25) is 0 Å². The molecule has 0 fully saturated rings. The van der Waals surface area contributed by atoms with E-state index in [1.165, 1.54) is 0 Å². The first-order valence-electron chi connectivity index (χ1n) is 4.02. The van der Waals surface area contributed by atoms with E-state index < -0.39 is 29.3 Å². The number of halogens is 4. The number of benzene rings is 1. The van der Waals surface area contributed by atoms with Crippen LogP contribution in [0.5, 0.6) is 5.75 Å². The molecule has 0 bridgehead atoms. The Hall–Kier alpha value is -1.30. The number of rotatable bonds is 2. The van der Waals surface area contributed by atoms with E-state index in [-0.39, 0.29) is 0 Å². The third kappa shape index (κ3) is 2.38. The highest BCUT2D eigenvalue weighted by atomic mass is 19.4. The molecule has 0 saturated heterocycles. The molecule has 1 rings (SSSR count). The molecule has 0 amide bonds. The van der Waals surface area contributed by atoms with E-state index in [9.17, 15) is 17.6 Å². The smallest absolute Gasteiger partial charge is 0.407 e. The molecule has 0 aliphatic heterocycles. The van der Waals surface area contributed by atoms with Gasteiger partial charge < -0.3 is 10.5 Å². The SMILES string of the molecule is COc1c(F)cccc1[C@@H](N)C(F)(F)F. The summed E-state index contributed by atoms with van der Waals surface area (Å²) in [5.41, 5.74) is 4.53. The summed E-state index contributed by atoms with van der Waals surface area (Å²) in [6, 6.07) is 0.993. The summed E-state index contributed by atoms with van der Waals surface area (Å²) < 4.78 is 54.4. The number of para-hydroxylation sites is 1. The molecule has 2 N–H and O–H groups in total. The highest BCUT2D eigenvalue weighted by Crippen LogP contribution is 2.36. The maximum absolute atomic E-state index is 13.1. The van der Waals surface area contributed by atoms with E-state index in [0.29, 0.717) is 0 Å². The van der Waals surface area contributed by atoms with Gasteiger partial charge in [-0.3, -0.25) is 0 Å². The summed E-state index contributed by atoms with van der Waals surface area (Å²) in [6.45, 7) is 0. The van der Waals surface area contributed by atoms with Crippen molar-refractivity contribution in [3.8, 4) is 5.75 Å². The van der Waals surface area contributed by atoms with Gasteiger partial charge >= 0.3 is 6.18 Å². The highest BCUT2D eigenvalue weighted by molar-refractivity contribution is 5.37. The minimum Gasteiger partial charge on any atom is -0.493 e. The average Bonchev–Trinajstić information content (AvgIpc) is 2.14. The molecule has 84 valence electrons. The fourth-order valence-electron chi connectivity index (χ4n) is 1.16. The van der Waals surface area contributed by atoms with Gasteiger partial charge in [-0.2, -0.15) is 13.2 Å². The van der Waals surface area contributed by atoms with Crippen molar-refractivity contribution in [3.63, 3.8) is 0 Å². The van der Waals surface area contributed by atoms with E-state index in [2.05, 4.69) is 4.74 Å². The van der Waals surface area contributed by atoms with Gasteiger partial charge in [0, 0.05) is 5.56 Å². The zero-order chi connectivity index (χ0) is 11.6. The molecular formula is C9H9F4NO. The Labute approximate surface area is 83.6 Å². The molecule has 0 radical (unpaired) electrons. The molecule has 1 aromatic rings. The van der Waals surface area contributed by atoms with Gasteiger partial charge in [0.15, 0.2) is 11.6 Å². The average molecular weight is 223 g/mol. The van der Waals surface area contributed by atoms with Crippen LogP contribution < -0.4 is 10.5 Å². The monoisotopic (exact) mass is 223 g/mol. The van der Waals surface area contributed by atoms with E-state index in [0.717, 1.165) is 25.3 Å². The predicted molar refractivity (Wildman–Crippen MR) is 45.9 cm³/mol. The van der Waals surface area contributed by atoms with Crippen molar-refractivity contribution in [2.75, 3.05) is 7.11 Å². The van der Waals surface area contributed by atoms with Crippen LogP contribution in [0, 0.1) is 5.82 Å². The summed E-state index contributed by atoms with van der Waals surface area (Å²) in [4.78, 5) is 0. The number of alkyl halides is 3. The molecule has 6 heteroatoms. The van der Waals surface area contributed by atoms with E-state index in [1.807, 2.05) is 0 Å². The summed E-state index contributed by atoms with van der Waals surface area (Å²) in [5.74, 6) is -1.34. The fourth-order valence-corrected chi connectivity index (χ4v) is 1.16. The quantitative estimate of drug-likeness (QED) is 0.781. The van der Waals surface area contributed by atoms with Gasteiger partial charge in [-0.15, -0.1) is 0 Å². The van der Waals surface area contributed by atoms with E-state index in [4.69, 9.17) is 5.73 Å². The Balaban J connectivity index is 3.20. The van der Waals surface area contributed by atoms with Crippen LogP contribution in [-0.2, 0) is 0 Å². The highest BCUT2D eigenvalue weighted by Gasteiger charge is 2.39. The van der Waals surface area contributed by atoms with Gasteiger partial charge in [-0.1, -0.05) is 12.1 Å². The first kappa shape index (κ1) is 11.8. The van der Waals surface area contributed by atoms with Crippen LogP contribution in [0.1, 0.15) is 11.6 Å². The van der Waals surface area contributed by atoms with E-state index >= 15 is 0 Å². The zero-order valence-corrected chi connectivity index (χ0v) is 7.81. The molecule has 15 heavy (non-hydrogen) atoms. The fraction of sp³-hybridized carbons (Fsp3) is 0.333. The number of ether oxygens (including phenoxy) is 1. The summed E-state index contributed by atoms with van der Waals surface area (Å²) in [6.07, 6.45) is -4.62. The summed E-state index contributed by atoms with van der Waals surface area (Å²) in [5, 5.41) is 0. The number of hydrogen-bond acceptors (Lipinski definition) is 2. The molecular weight excluding hydrogens is 214 g/mol. The van der Waals surface area contributed by atoms with Gasteiger partial charge in [0.1, 0.15) is 6.04 Å². The van der Waals surface area contributed by atoms with Crippen LogP contribution in [0.25, 0.3) is 0 Å². The third-order valence-electron chi connectivity index (χ3n) is 1.89.